The summed E-state index contributed by atoms with van der Waals surface area (Å²) < 4.78 is 5.17. The maximum Gasteiger partial charge on any atom is 0.251 e. The lowest BCUT2D eigenvalue weighted by Gasteiger charge is -2.46. The Kier molecular flexibility index (Phi) is 4.28. The Morgan fingerprint density at radius 3 is 2.43 bits per heavy atom. The van der Waals surface area contributed by atoms with E-state index in [9.17, 15) is 4.79 Å². The summed E-state index contributed by atoms with van der Waals surface area (Å²) in [5.41, 5.74) is 0.686. The Hall–Kier alpha value is -1.55. The van der Waals surface area contributed by atoms with Crippen LogP contribution in [0.25, 0.3) is 0 Å². The second-order valence-electron chi connectivity index (χ2n) is 7.20. The highest BCUT2D eigenvalue weighted by molar-refractivity contribution is 5.94. The maximum absolute atomic E-state index is 12.4. The fourth-order valence-electron chi connectivity index (χ4n) is 3.46. The largest absolute Gasteiger partial charge is 0.497 e. The molecule has 1 aliphatic heterocycles. The summed E-state index contributed by atoms with van der Waals surface area (Å²) in [7, 11) is 1.61. The van der Waals surface area contributed by atoms with Gasteiger partial charge in [0.2, 0.25) is 0 Å². The Morgan fingerprint density at radius 2 is 1.86 bits per heavy atom. The zero-order valence-corrected chi connectivity index (χ0v) is 13.6. The number of ether oxygens (including phenoxy) is 1. The highest BCUT2D eigenvalue weighted by atomic mass is 16.5. The van der Waals surface area contributed by atoms with E-state index < -0.39 is 0 Å². The highest BCUT2D eigenvalue weighted by Crippen LogP contribution is 2.28. The SMILES string of the molecule is COc1cccc(C(=O)NC2CC(C)(C)NC(C)(C)C2)c1. The fraction of sp³-hybridized carbons (Fsp3) is 0.588. The van der Waals surface area contributed by atoms with Gasteiger partial charge in [-0.25, -0.2) is 0 Å². The molecule has 1 saturated heterocycles. The molecule has 116 valence electrons. The van der Waals surface area contributed by atoms with E-state index >= 15 is 0 Å². The van der Waals surface area contributed by atoms with Gasteiger partial charge in [-0.3, -0.25) is 4.79 Å². The van der Waals surface area contributed by atoms with Crippen LogP contribution in [-0.2, 0) is 0 Å². The summed E-state index contributed by atoms with van der Waals surface area (Å²) >= 11 is 0. The van der Waals surface area contributed by atoms with Crippen LogP contribution in [0.1, 0.15) is 50.9 Å². The maximum atomic E-state index is 12.4. The van der Waals surface area contributed by atoms with Crippen molar-refractivity contribution < 1.29 is 9.53 Å². The van der Waals surface area contributed by atoms with Gasteiger partial charge in [0.25, 0.3) is 5.91 Å². The molecule has 0 atom stereocenters. The van der Waals surface area contributed by atoms with Crippen LogP contribution >= 0.6 is 0 Å². The van der Waals surface area contributed by atoms with E-state index in [0.717, 1.165) is 12.8 Å². The van der Waals surface area contributed by atoms with Crippen molar-refractivity contribution in [2.24, 2.45) is 0 Å². The molecular weight excluding hydrogens is 264 g/mol. The fourth-order valence-corrected chi connectivity index (χ4v) is 3.46. The third kappa shape index (κ3) is 4.21. The topological polar surface area (TPSA) is 50.4 Å². The molecule has 0 bridgehead atoms. The van der Waals surface area contributed by atoms with Crippen molar-refractivity contribution in [2.75, 3.05) is 7.11 Å². The van der Waals surface area contributed by atoms with E-state index in [1.807, 2.05) is 18.2 Å². The standard InChI is InChI=1S/C17H26N2O2/c1-16(2)10-13(11-17(3,4)19-16)18-15(20)12-7-6-8-14(9-12)21-5/h6-9,13,19H,10-11H2,1-5H3,(H,18,20). The van der Waals surface area contributed by atoms with E-state index in [1.54, 1.807) is 13.2 Å². The molecule has 0 radical (unpaired) electrons. The normalized spacial score (nSPS) is 20.8. The van der Waals surface area contributed by atoms with Crippen LogP contribution in [0, 0.1) is 0 Å². The first-order valence-corrected chi connectivity index (χ1v) is 7.45. The summed E-state index contributed by atoms with van der Waals surface area (Å²) in [5, 5.41) is 6.79. The number of benzene rings is 1. The van der Waals surface area contributed by atoms with Gasteiger partial charge in [-0.05, 0) is 58.7 Å². The molecule has 1 fully saturated rings. The third-order valence-corrected chi connectivity index (χ3v) is 3.86. The molecule has 0 spiro atoms. The first-order valence-electron chi connectivity index (χ1n) is 7.45. The van der Waals surface area contributed by atoms with Crippen molar-refractivity contribution in [2.45, 2.75) is 57.7 Å². The quantitative estimate of drug-likeness (QED) is 0.900. The van der Waals surface area contributed by atoms with Gasteiger partial charge in [-0.2, -0.15) is 0 Å². The number of piperidine rings is 1. The molecule has 4 nitrogen and oxygen atoms in total. The van der Waals surface area contributed by atoms with Gasteiger partial charge in [0.15, 0.2) is 0 Å². The molecule has 2 rings (SSSR count). The molecule has 1 aromatic rings. The highest BCUT2D eigenvalue weighted by Gasteiger charge is 2.38. The van der Waals surface area contributed by atoms with Gasteiger partial charge in [-0.1, -0.05) is 6.07 Å². The summed E-state index contributed by atoms with van der Waals surface area (Å²) in [4.78, 5) is 12.4. The monoisotopic (exact) mass is 290 g/mol. The Morgan fingerprint density at radius 1 is 1.24 bits per heavy atom. The minimum Gasteiger partial charge on any atom is -0.497 e. The number of carbonyl (C=O) groups excluding carboxylic acids is 1. The number of nitrogens with one attached hydrogen (secondary N) is 2. The average Bonchev–Trinajstić information content (AvgIpc) is 2.35. The minimum atomic E-state index is -0.0348. The van der Waals surface area contributed by atoms with Crippen LogP contribution in [0.3, 0.4) is 0 Å². The molecule has 1 aliphatic rings. The first-order chi connectivity index (χ1) is 9.71. The molecule has 1 amide bonds. The van der Waals surface area contributed by atoms with E-state index in [0.29, 0.717) is 11.3 Å². The second-order valence-corrected chi connectivity index (χ2v) is 7.20. The van der Waals surface area contributed by atoms with Crippen molar-refractivity contribution in [1.29, 1.82) is 0 Å². The van der Waals surface area contributed by atoms with Crippen LogP contribution in [0.15, 0.2) is 24.3 Å². The van der Waals surface area contributed by atoms with E-state index in [4.69, 9.17) is 4.74 Å². The predicted molar refractivity (Wildman–Crippen MR) is 84.8 cm³/mol. The molecule has 0 unspecified atom stereocenters. The number of hydrogen-bond acceptors (Lipinski definition) is 3. The Bertz CT molecular complexity index is 507. The van der Waals surface area contributed by atoms with Gasteiger partial charge in [-0.15, -0.1) is 0 Å². The molecule has 4 heteroatoms. The predicted octanol–water partition coefficient (Wildman–Crippen LogP) is 2.73. The van der Waals surface area contributed by atoms with Crippen molar-refractivity contribution in [1.82, 2.24) is 10.6 Å². The van der Waals surface area contributed by atoms with Crippen LogP contribution in [0.5, 0.6) is 5.75 Å². The Labute approximate surface area is 127 Å². The number of methoxy groups -OCH3 is 1. The van der Waals surface area contributed by atoms with Gasteiger partial charge in [0, 0.05) is 22.7 Å². The van der Waals surface area contributed by atoms with Gasteiger partial charge in [0.05, 0.1) is 7.11 Å². The molecular formula is C17H26N2O2. The summed E-state index contributed by atoms with van der Waals surface area (Å²) in [6, 6.07) is 7.44. The lowest BCUT2D eigenvalue weighted by atomic mass is 9.79. The van der Waals surface area contributed by atoms with E-state index in [2.05, 4.69) is 38.3 Å². The molecule has 0 aliphatic carbocycles. The number of rotatable bonds is 3. The van der Waals surface area contributed by atoms with E-state index in [1.165, 1.54) is 0 Å². The van der Waals surface area contributed by atoms with Crippen LogP contribution < -0.4 is 15.4 Å². The Balaban J connectivity index is 2.08. The number of hydrogen-bond donors (Lipinski definition) is 2. The molecule has 1 heterocycles. The van der Waals surface area contributed by atoms with Gasteiger partial charge >= 0.3 is 0 Å². The minimum absolute atomic E-state index is 0.0219. The molecule has 21 heavy (non-hydrogen) atoms. The zero-order valence-electron chi connectivity index (χ0n) is 13.6. The lowest BCUT2D eigenvalue weighted by Crippen LogP contribution is -2.62. The smallest absolute Gasteiger partial charge is 0.251 e. The van der Waals surface area contributed by atoms with Gasteiger partial charge in [0.1, 0.15) is 5.75 Å². The van der Waals surface area contributed by atoms with Crippen LogP contribution in [0.2, 0.25) is 0 Å². The molecule has 0 saturated carbocycles. The molecule has 1 aromatic carbocycles. The summed E-state index contributed by atoms with van der Waals surface area (Å²) in [6.45, 7) is 8.72. The van der Waals surface area contributed by atoms with Crippen LogP contribution in [0.4, 0.5) is 0 Å². The number of carbonyl (C=O) groups is 1. The van der Waals surface area contributed by atoms with Crippen molar-refractivity contribution in [3.05, 3.63) is 29.8 Å². The molecule has 0 aromatic heterocycles. The van der Waals surface area contributed by atoms with Crippen molar-refractivity contribution >= 4 is 5.91 Å². The first kappa shape index (κ1) is 15.8. The second kappa shape index (κ2) is 5.68. The third-order valence-electron chi connectivity index (χ3n) is 3.86. The zero-order chi connectivity index (χ0) is 15.7. The van der Waals surface area contributed by atoms with E-state index in [-0.39, 0.29) is 23.0 Å². The van der Waals surface area contributed by atoms with Crippen molar-refractivity contribution in [3.63, 3.8) is 0 Å². The average molecular weight is 290 g/mol. The van der Waals surface area contributed by atoms with Crippen LogP contribution in [-0.4, -0.2) is 30.1 Å². The summed E-state index contributed by atoms with van der Waals surface area (Å²) in [6.07, 6.45) is 1.85. The van der Waals surface area contributed by atoms with Crippen molar-refractivity contribution in [3.8, 4) is 5.75 Å². The van der Waals surface area contributed by atoms with Gasteiger partial charge < -0.3 is 15.4 Å². The number of amides is 1. The lowest BCUT2D eigenvalue weighted by molar-refractivity contribution is 0.0873. The summed E-state index contributed by atoms with van der Waals surface area (Å²) in [5.74, 6) is 0.668. The molecule has 2 N–H and O–H groups in total.